The van der Waals surface area contributed by atoms with Crippen molar-refractivity contribution in [3.05, 3.63) is 62.0 Å². The van der Waals surface area contributed by atoms with Crippen molar-refractivity contribution in [1.82, 2.24) is 10.2 Å². The lowest BCUT2D eigenvalue weighted by atomic mass is 10.0. The van der Waals surface area contributed by atoms with Gasteiger partial charge < -0.3 is 15.0 Å². The molecule has 184 valence electrons. The number of benzene rings is 2. The van der Waals surface area contributed by atoms with Crippen LogP contribution in [0.25, 0.3) is 0 Å². The van der Waals surface area contributed by atoms with Gasteiger partial charge >= 0.3 is 0 Å². The molecule has 0 saturated heterocycles. The summed E-state index contributed by atoms with van der Waals surface area (Å²) in [4.78, 5) is 27.8. The summed E-state index contributed by atoms with van der Waals surface area (Å²) in [5.41, 5.74) is 1.88. The van der Waals surface area contributed by atoms with Gasteiger partial charge in [0, 0.05) is 22.6 Å². The lowest BCUT2D eigenvalue weighted by Crippen LogP contribution is -2.50. The topological polar surface area (TPSA) is 58.6 Å². The van der Waals surface area contributed by atoms with Crippen molar-refractivity contribution in [3.8, 4) is 5.75 Å². The van der Waals surface area contributed by atoms with Crippen molar-refractivity contribution in [1.29, 1.82) is 0 Å². The molecule has 0 radical (unpaired) electrons. The van der Waals surface area contributed by atoms with Crippen LogP contribution < -0.4 is 10.1 Å². The number of nitrogens with one attached hydrogen (secondary N) is 1. The maximum atomic E-state index is 13.3. The predicted octanol–water partition coefficient (Wildman–Crippen LogP) is 6.73. The number of carbonyl (C=O) groups excluding carboxylic acids is 2. The first-order valence-electron chi connectivity index (χ1n) is 11.6. The van der Waals surface area contributed by atoms with Gasteiger partial charge in [0.15, 0.2) is 6.61 Å². The zero-order valence-electron chi connectivity index (χ0n) is 19.7. The normalized spacial score (nSPS) is 14.8. The molecule has 5 nitrogen and oxygen atoms in total. The van der Waals surface area contributed by atoms with Crippen LogP contribution >= 0.6 is 39.1 Å². The Morgan fingerprint density at radius 3 is 2.44 bits per heavy atom. The molecule has 2 amide bonds. The molecule has 3 rings (SSSR count). The zero-order valence-corrected chi connectivity index (χ0v) is 22.8. The van der Waals surface area contributed by atoms with Crippen LogP contribution in [-0.2, 0) is 16.1 Å². The third-order valence-electron chi connectivity index (χ3n) is 6.20. The highest BCUT2D eigenvalue weighted by Crippen LogP contribution is 2.29. The number of carbonyl (C=O) groups is 2. The largest absolute Gasteiger partial charge is 0.483 e. The van der Waals surface area contributed by atoms with Crippen molar-refractivity contribution < 1.29 is 14.3 Å². The van der Waals surface area contributed by atoms with Crippen LogP contribution in [0.2, 0.25) is 10.0 Å². The summed E-state index contributed by atoms with van der Waals surface area (Å²) >= 11 is 15.9. The Kier molecular flexibility index (Phi) is 9.69. The summed E-state index contributed by atoms with van der Waals surface area (Å²) < 4.78 is 6.62. The quantitative estimate of drug-likeness (QED) is 0.364. The number of halogens is 3. The van der Waals surface area contributed by atoms with Crippen molar-refractivity contribution >= 4 is 50.9 Å². The Balaban J connectivity index is 1.75. The maximum Gasteiger partial charge on any atom is 0.261 e. The molecule has 0 bridgehead atoms. The van der Waals surface area contributed by atoms with Crippen molar-refractivity contribution in [2.24, 2.45) is 0 Å². The number of hydrogen-bond donors (Lipinski definition) is 1. The van der Waals surface area contributed by atoms with Gasteiger partial charge in [0.1, 0.15) is 11.8 Å². The van der Waals surface area contributed by atoms with Crippen LogP contribution in [0.3, 0.4) is 0 Å². The lowest BCUT2D eigenvalue weighted by molar-refractivity contribution is -0.142. The third-order valence-corrected chi connectivity index (χ3v) is 7.41. The monoisotopic (exact) mass is 568 g/mol. The van der Waals surface area contributed by atoms with Crippen LogP contribution in [-0.4, -0.2) is 35.4 Å². The second kappa shape index (κ2) is 12.3. The predicted molar refractivity (Wildman–Crippen MR) is 141 cm³/mol. The molecule has 1 aliphatic rings. The van der Waals surface area contributed by atoms with E-state index in [4.69, 9.17) is 27.9 Å². The van der Waals surface area contributed by atoms with Crippen LogP contribution in [0.15, 0.2) is 40.9 Å². The van der Waals surface area contributed by atoms with Gasteiger partial charge in [-0.15, -0.1) is 0 Å². The van der Waals surface area contributed by atoms with E-state index >= 15 is 0 Å². The van der Waals surface area contributed by atoms with Gasteiger partial charge in [0.2, 0.25) is 5.91 Å². The maximum absolute atomic E-state index is 13.3. The molecule has 1 fully saturated rings. The van der Waals surface area contributed by atoms with Gasteiger partial charge in [-0.3, -0.25) is 9.59 Å². The summed E-state index contributed by atoms with van der Waals surface area (Å²) in [6, 6.07) is 10.4. The zero-order chi connectivity index (χ0) is 24.8. The van der Waals surface area contributed by atoms with Gasteiger partial charge in [0.05, 0.1) is 4.47 Å². The Morgan fingerprint density at radius 2 is 1.82 bits per heavy atom. The Bertz CT molecular complexity index is 1030. The van der Waals surface area contributed by atoms with Crippen LogP contribution in [0, 0.1) is 0 Å². The van der Waals surface area contributed by atoms with Crippen LogP contribution in [0.1, 0.15) is 63.5 Å². The van der Waals surface area contributed by atoms with E-state index in [1.54, 1.807) is 25.1 Å². The number of nitrogens with zero attached hydrogens (tertiary/aromatic N) is 1. The Morgan fingerprint density at radius 1 is 1.12 bits per heavy atom. The van der Waals surface area contributed by atoms with E-state index in [1.807, 2.05) is 18.2 Å². The molecule has 8 heteroatoms. The SMILES string of the molecule is CC(C)c1ccc(OCC(=O)N(Cc2ccc(Cl)cc2Cl)C(C)C(=O)NC2CCCC2)c(Br)c1. The highest BCUT2D eigenvalue weighted by molar-refractivity contribution is 9.10. The molecule has 1 saturated carbocycles. The summed E-state index contributed by atoms with van der Waals surface area (Å²) in [6.45, 7) is 5.93. The first-order chi connectivity index (χ1) is 16.2. The van der Waals surface area contributed by atoms with Crippen LogP contribution in [0.5, 0.6) is 5.75 Å². The van der Waals surface area contributed by atoms with Crippen molar-refractivity contribution in [2.45, 2.75) is 71.0 Å². The minimum Gasteiger partial charge on any atom is -0.483 e. The van der Waals surface area contributed by atoms with Crippen molar-refractivity contribution in [3.63, 3.8) is 0 Å². The van der Waals surface area contributed by atoms with Gasteiger partial charge in [-0.2, -0.15) is 0 Å². The standard InChI is InChI=1S/C26H31BrCl2N2O3/c1-16(2)18-9-11-24(22(27)12-18)34-15-25(32)31(14-19-8-10-20(28)13-23(19)29)17(3)26(33)30-21-6-4-5-7-21/h8-13,16-17,21H,4-7,14-15H2,1-3H3,(H,30,33). The van der Waals surface area contributed by atoms with E-state index in [1.165, 1.54) is 10.5 Å². The summed E-state index contributed by atoms with van der Waals surface area (Å²) in [5.74, 6) is 0.476. The van der Waals surface area contributed by atoms with Gasteiger partial charge in [0.25, 0.3) is 5.91 Å². The van der Waals surface area contributed by atoms with Gasteiger partial charge in [-0.05, 0) is 77.0 Å². The van der Waals surface area contributed by atoms with Crippen LogP contribution in [0.4, 0.5) is 0 Å². The molecule has 34 heavy (non-hydrogen) atoms. The molecule has 0 spiro atoms. The molecule has 2 aromatic carbocycles. The molecule has 0 aliphatic heterocycles. The highest BCUT2D eigenvalue weighted by Gasteiger charge is 2.29. The molecule has 0 heterocycles. The van der Waals surface area contributed by atoms with Crippen molar-refractivity contribution in [2.75, 3.05) is 6.61 Å². The third kappa shape index (κ3) is 7.12. The van der Waals surface area contributed by atoms with E-state index in [-0.39, 0.29) is 31.0 Å². The molecule has 1 aliphatic carbocycles. The highest BCUT2D eigenvalue weighted by atomic mass is 79.9. The smallest absolute Gasteiger partial charge is 0.261 e. The molecule has 0 aromatic heterocycles. The number of hydrogen-bond acceptors (Lipinski definition) is 3. The first kappa shape index (κ1) is 26.8. The Labute approximate surface area is 220 Å². The van der Waals surface area contributed by atoms with E-state index < -0.39 is 6.04 Å². The van der Waals surface area contributed by atoms with E-state index in [0.717, 1.165) is 30.2 Å². The van der Waals surface area contributed by atoms with E-state index in [2.05, 4.69) is 35.1 Å². The number of ether oxygens (including phenoxy) is 1. The minimum absolute atomic E-state index is 0.165. The summed E-state index contributed by atoms with van der Waals surface area (Å²) in [6.07, 6.45) is 4.17. The number of rotatable bonds is 9. The minimum atomic E-state index is -0.685. The van der Waals surface area contributed by atoms with Gasteiger partial charge in [-0.1, -0.05) is 62.0 Å². The number of amides is 2. The second-order valence-electron chi connectivity index (χ2n) is 9.06. The van der Waals surface area contributed by atoms with E-state index in [0.29, 0.717) is 27.3 Å². The molecule has 1 atom stereocenters. The fourth-order valence-corrected chi connectivity index (χ4v) is 5.00. The van der Waals surface area contributed by atoms with E-state index in [9.17, 15) is 9.59 Å². The first-order valence-corrected chi connectivity index (χ1v) is 13.2. The fraction of sp³-hybridized carbons (Fsp3) is 0.462. The molecule has 1 N–H and O–H groups in total. The average Bonchev–Trinajstić information content (AvgIpc) is 3.30. The second-order valence-corrected chi connectivity index (χ2v) is 10.8. The molecule has 1 unspecified atom stereocenters. The molecular weight excluding hydrogens is 539 g/mol. The molecule has 2 aromatic rings. The fourth-order valence-electron chi connectivity index (χ4n) is 4.02. The summed E-state index contributed by atoms with van der Waals surface area (Å²) in [5, 5.41) is 4.04. The Hall–Kier alpha value is -1.76. The average molecular weight is 570 g/mol. The summed E-state index contributed by atoms with van der Waals surface area (Å²) in [7, 11) is 0. The molecular formula is C26H31BrCl2N2O3. The van der Waals surface area contributed by atoms with Gasteiger partial charge in [-0.25, -0.2) is 0 Å². The lowest BCUT2D eigenvalue weighted by Gasteiger charge is -2.30.